The molecule has 2 aromatic heterocycles. The van der Waals surface area contributed by atoms with E-state index >= 15 is 0 Å². The van der Waals surface area contributed by atoms with E-state index in [1.54, 1.807) is 0 Å². The molecule has 2 heterocycles. The summed E-state index contributed by atoms with van der Waals surface area (Å²) in [6.07, 6.45) is 6.44. The molecule has 0 saturated heterocycles. The third kappa shape index (κ3) is 2.72. The van der Waals surface area contributed by atoms with E-state index in [-0.39, 0.29) is 0 Å². The van der Waals surface area contributed by atoms with E-state index in [4.69, 9.17) is 5.73 Å². The van der Waals surface area contributed by atoms with Crippen LogP contribution in [0, 0.1) is 6.92 Å². The van der Waals surface area contributed by atoms with Gasteiger partial charge in [-0.05, 0) is 42.7 Å². The zero-order valence-corrected chi connectivity index (χ0v) is 13.0. The first-order valence-electron chi connectivity index (χ1n) is 7.40. The second kappa shape index (κ2) is 6.02. The maximum atomic E-state index is 6.20. The van der Waals surface area contributed by atoms with Crippen molar-refractivity contribution in [2.24, 2.45) is 0 Å². The minimum atomic E-state index is 0.837. The van der Waals surface area contributed by atoms with Gasteiger partial charge in [-0.2, -0.15) is 0 Å². The topological polar surface area (TPSA) is 55.0 Å². The van der Waals surface area contributed by atoms with Gasteiger partial charge in [0.25, 0.3) is 0 Å². The lowest BCUT2D eigenvalue weighted by atomic mass is 10.1. The molecule has 1 aromatic carbocycles. The Bertz CT molecular complexity index is 784. The van der Waals surface area contributed by atoms with Crippen molar-refractivity contribution >= 4 is 22.3 Å². The summed E-state index contributed by atoms with van der Waals surface area (Å²) >= 11 is 0. The number of fused-ring (bicyclic) bond motifs is 1. The van der Waals surface area contributed by atoms with Gasteiger partial charge in [0.2, 0.25) is 0 Å². The van der Waals surface area contributed by atoms with Gasteiger partial charge in [0.05, 0.1) is 0 Å². The molecule has 0 aliphatic carbocycles. The molecule has 0 aliphatic rings. The van der Waals surface area contributed by atoms with Crippen molar-refractivity contribution in [3.8, 4) is 0 Å². The Kier molecular flexibility index (Phi) is 3.92. The number of rotatable bonds is 4. The van der Waals surface area contributed by atoms with Crippen LogP contribution in [0.2, 0.25) is 0 Å². The zero-order chi connectivity index (χ0) is 15.5. The molecular weight excluding hydrogens is 272 g/mol. The molecule has 4 nitrogen and oxygen atoms in total. The Hall–Kier alpha value is -2.62. The van der Waals surface area contributed by atoms with E-state index < -0.39 is 0 Å². The molecule has 22 heavy (non-hydrogen) atoms. The monoisotopic (exact) mass is 292 g/mol. The van der Waals surface area contributed by atoms with Crippen LogP contribution in [0.25, 0.3) is 10.8 Å². The first kappa shape index (κ1) is 14.3. The molecule has 0 aliphatic heterocycles. The van der Waals surface area contributed by atoms with Crippen LogP contribution in [-0.4, -0.2) is 23.6 Å². The van der Waals surface area contributed by atoms with Crippen LogP contribution in [0.15, 0.2) is 48.9 Å². The first-order chi connectivity index (χ1) is 10.7. The Labute approximate surface area is 130 Å². The Morgan fingerprint density at radius 3 is 2.55 bits per heavy atom. The number of likely N-dealkylation sites (N-methyl/N-ethyl adjacent to an activating group) is 1. The molecule has 3 aromatic rings. The van der Waals surface area contributed by atoms with Gasteiger partial charge < -0.3 is 10.6 Å². The standard InChI is InChI=1S/C18H20N4/c1-13-3-4-16-15(17(13)19)7-11-21-18(16)22(2)12-8-14-5-9-20-10-6-14/h3-7,9-11H,8,12,19H2,1-2H3. The van der Waals surface area contributed by atoms with Crippen LogP contribution in [0.1, 0.15) is 11.1 Å². The Morgan fingerprint density at radius 1 is 1.00 bits per heavy atom. The summed E-state index contributed by atoms with van der Waals surface area (Å²) in [6.45, 7) is 2.92. The van der Waals surface area contributed by atoms with Crippen LogP contribution in [-0.2, 0) is 6.42 Å². The van der Waals surface area contributed by atoms with Crippen molar-refractivity contribution in [3.63, 3.8) is 0 Å². The van der Waals surface area contributed by atoms with Gasteiger partial charge in [0.15, 0.2) is 0 Å². The van der Waals surface area contributed by atoms with Crippen molar-refractivity contribution in [1.82, 2.24) is 9.97 Å². The number of nitrogens with zero attached hydrogens (tertiary/aromatic N) is 3. The van der Waals surface area contributed by atoms with Gasteiger partial charge >= 0.3 is 0 Å². The van der Waals surface area contributed by atoms with E-state index in [1.165, 1.54) is 5.56 Å². The van der Waals surface area contributed by atoms with E-state index in [2.05, 4.69) is 34.0 Å². The molecule has 0 saturated carbocycles. The molecular formula is C18H20N4. The summed E-state index contributed by atoms with van der Waals surface area (Å²) in [5, 5.41) is 2.17. The van der Waals surface area contributed by atoms with Crippen molar-refractivity contribution < 1.29 is 0 Å². The number of nitrogens with two attached hydrogens (primary N) is 1. The average molecular weight is 292 g/mol. The Morgan fingerprint density at radius 2 is 1.77 bits per heavy atom. The second-order valence-corrected chi connectivity index (χ2v) is 5.55. The molecule has 0 amide bonds. The highest BCUT2D eigenvalue weighted by atomic mass is 15.2. The first-order valence-corrected chi connectivity index (χ1v) is 7.40. The summed E-state index contributed by atoms with van der Waals surface area (Å²) in [7, 11) is 2.07. The number of aromatic nitrogens is 2. The molecule has 0 bridgehead atoms. The number of hydrogen-bond donors (Lipinski definition) is 1. The maximum absolute atomic E-state index is 6.20. The zero-order valence-electron chi connectivity index (χ0n) is 13.0. The lowest BCUT2D eigenvalue weighted by molar-refractivity contribution is 0.863. The van der Waals surface area contributed by atoms with Gasteiger partial charge in [-0.25, -0.2) is 4.98 Å². The smallest absolute Gasteiger partial charge is 0.136 e. The Balaban J connectivity index is 1.88. The molecule has 2 N–H and O–H groups in total. The van der Waals surface area contributed by atoms with Gasteiger partial charge in [-0.1, -0.05) is 12.1 Å². The number of nitrogen functional groups attached to an aromatic ring is 1. The number of anilines is 2. The van der Waals surface area contributed by atoms with Crippen LogP contribution >= 0.6 is 0 Å². The maximum Gasteiger partial charge on any atom is 0.136 e. The summed E-state index contributed by atoms with van der Waals surface area (Å²) in [4.78, 5) is 10.8. The molecule has 0 radical (unpaired) electrons. The summed E-state index contributed by atoms with van der Waals surface area (Å²) < 4.78 is 0. The van der Waals surface area contributed by atoms with E-state index in [1.807, 2.05) is 43.7 Å². The molecule has 4 heteroatoms. The number of pyridine rings is 2. The highest BCUT2D eigenvalue weighted by molar-refractivity contribution is 6.00. The van der Waals surface area contributed by atoms with Gasteiger partial charge in [-0.15, -0.1) is 0 Å². The number of aryl methyl sites for hydroxylation is 1. The van der Waals surface area contributed by atoms with E-state index in [9.17, 15) is 0 Å². The predicted molar refractivity (Wildman–Crippen MR) is 92.1 cm³/mol. The molecule has 3 rings (SSSR count). The highest BCUT2D eigenvalue weighted by Crippen LogP contribution is 2.29. The van der Waals surface area contributed by atoms with Crippen molar-refractivity contribution in [3.05, 3.63) is 60.0 Å². The summed E-state index contributed by atoms with van der Waals surface area (Å²) in [5.41, 5.74) is 9.41. The van der Waals surface area contributed by atoms with Crippen molar-refractivity contribution in [2.45, 2.75) is 13.3 Å². The SMILES string of the molecule is Cc1ccc2c(N(C)CCc3ccncc3)nccc2c1N. The average Bonchev–Trinajstić information content (AvgIpc) is 2.56. The fourth-order valence-corrected chi connectivity index (χ4v) is 2.63. The minimum absolute atomic E-state index is 0.837. The highest BCUT2D eigenvalue weighted by Gasteiger charge is 2.10. The van der Waals surface area contributed by atoms with Gasteiger partial charge in [-0.3, -0.25) is 4.98 Å². The second-order valence-electron chi connectivity index (χ2n) is 5.55. The molecule has 112 valence electrons. The largest absolute Gasteiger partial charge is 0.398 e. The molecule has 0 fully saturated rings. The lowest BCUT2D eigenvalue weighted by Gasteiger charge is -2.20. The third-order valence-corrected chi connectivity index (χ3v) is 4.03. The van der Waals surface area contributed by atoms with E-state index in [0.29, 0.717) is 0 Å². The van der Waals surface area contributed by atoms with Crippen LogP contribution in [0.4, 0.5) is 11.5 Å². The third-order valence-electron chi connectivity index (χ3n) is 4.03. The van der Waals surface area contributed by atoms with Gasteiger partial charge in [0.1, 0.15) is 5.82 Å². The normalized spacial score (nSPS) is 10.8. The molecule has 0 spiro atoms. The lowest BCUT2D eigenvalue weighted by Crippen LogP contribution is -2.21. The molecule has 0 atom stereocenters. The van der Waals surface area contributed by atoms with Crippen LogP contribution in [0.3, 0.4) is 0 Å². The number of benzene rings is 1. The fourth-order valence-electron chi connectivity index (χ4n) is 2.63. The van der Waals surface area contributed by atoms with Crippen molar-refractivity contribution in [2.75, 3.05) is 24.2 Å². The van der Waals surface area contributed by atoms with Gasteiger partial charge in [0, 0.05) is 48.6 Å². The number of hydrogen-bond acceptors (Lipinski definition) is 4. The minimum Gasteiger partial charge on any atom is -0.398 e. The predicted octanol–water partition coefficient (Wildman–Crippen LogP) is 3.20. The van der Waals surface area contributed by atoms with Crippen LogP contribution in [0.5, 0.6) is 0 Å². The summed E-state index contributed by atoms with van der Waals surface area (Å²) in [5.74, 6) is 0.971. The fraction of sp³-hybridized carbons (Fsp3) is 0.222. The quantitative estimate of drug-likeness (QED) is 0.750. The van der Waals surface area contributed by atoms with Crippen LogP contribution < -0.4 is 10.6 Å². The summed E-state index contributed by atoms with van der Waals surface area (Å²) in [6, 6.07) is 10.2. The molecule has 0 unspecified atom stereocenters. The van der Waals surface area contributed by atoms with Crippen molar-refractivity contribution in [1.29, 1.82) is 0 Å². The van der Waals surface area contributed by atoms with E-state index in [0.717, 1.165) is 40.8 Å².